The standard InChI is InChI=1S/C10H16N4OS/c1-7-11-12-8(14(7)4)6-16-9-5-10(2,3)15-13-9/h5,13H,6H2,1-4H3. The second-order valence-corrected chi connectivity index (χ2v) is 5.34. The van der Waals surface area contributed by atoms with E-state index in [1.165, 1.54) is 0 Å². The van der Waals surface area contributed by atoms with E-state index in [0.717, 1.165) is 22.4 Å². The predicted molar refractivity (Wildman–Crippen MR) is 63.4 cm³/mol. The minimum absolute atomic E-state index is 0.224. The highest BCUT2D eigenvalue weighted by atomic mass is 32.2. The minimum Gasteiger partial charge on any atom is -0.318 e. The molecule has 16 heavy (non-hydrogen) atoms. The van der Waals surface area contributed by atoms with Crippen molar-refractivity contribution in [2.75, 3.05) is 0 Å². The zero-order valence-electron chi connectivity index (χ0n) is 9.94. The van der Waals surface area contributed by atoms with Crippen LogP contribution in [0.4, 0.5) is 0 Å². The lowest BCUT2D eigenvalue weighted by atomic mass is 10.1. The molecule has 0 unspecified atom stereocenters. The summed E-state index contributed by atoms with van der Waals surface area (Å²) in [5.41, 5.74) is 2.69. The van der Waals surface area contributed by atoms with Crippen LogP contribution in [0.15, 0.2) is 11.1 Å². The third-order valence-corrected chi connectivity index (χ3v) is 3.35. The highest BCUT2D eigenvalue weighted by molar-refractivity contribution is 8.02. The van der Waals surface area contributed by atoms with E-state index >= 15 is 0 Å². The number of rotatable bonds is 3. The molecule has 1 aromatic heterocycles. The first-order chi connectivity index (χ1) is 7.48. The summed E-state index contributed by atoms with van der Waals surface area (Å²) in [5.74, 6) is 2.69. The average Bonchev–Trinajstić information content (AvgIpc) is 2.70. The van der Waals surface area contributed by atoms with Crippen molar-refractivity contribution in [1.29, 1.82) is 0 Å². The van der Waals surface area contributed by atoms with Gasteiger partial charge in [-0.15, -0.1) is 10.2 Å². The molecule has 1 aliphatic rings. The Kier molecular flexibility index (Phi) is 2.94. The average molecular weight is 240 g/mol. The first kappa shape index (κ1) is 11.5. The van der Waals surface area contributed by atoms with Crippen LogP contribution in [-0.4, -0.2) is 20.4 Å². The molecule has 0 amide bonds. The van der Waals surface area contributed by atoms with Crippen molar-refractivity contribution < 1.29 is 4.84 Å². The number of aryl methyl sites for hydroxylation is 1. The van der Waals surface area contributed by atoms with Crippen LogP contribution in [0.2, 0.25) is 0 Å². The number of nitrogens with one attached hydrogen (secondary N) is 1. The monoisotopic (exact) mass is 240 g/mol. The van der Waals surface area contributed by atoms with Crippen molar-refractivity contribution in [3.8, 4) is 0 Å². The number of nitrogens with zero attached hydrogens (tertiary/aromatic N) is 3. The number of hydrogen-bond donors (Lipinski definition) is 1. The summed E-state index contributed by atoms with van der Waals surface area (Å²) >= 11 is 1.67. The number of aromatic nitrogens is 3. The molecule has 1 aromatic rings. The minimum atomic E-state index is -0.224. The first-order valence-corrected chi connectivity index (χ1v) is 6.11. The zero-order chi connectivity index (χ0) is 11.8. The summed E-state index contributed by atoms with van der Waals surface area (Å²) in [6.07, 6.45) is 2.07. The second-order valence-electron chi connectivity index (χ2n) is 4.33. The molecule has 0 fully saturated rings. The van der Waals surface area contributed by atoms with Crippen LogP contribution in [0.5, 0.6) is 0 Å². The fourth-order valence-electron chi connectivity index (χ4n) is 1.35. The van der Waals surface area contributed by atoms with Gasteiger partial charge in [0.2, 0.25) is 0 Å². The maximum absolute atomic E-state index is 5.37. The van der Waals surface area contributed by atoms with Crippen LogP contribution in [0, 0.1) is 6.92 Å². The molecule has 0 radical (unpaired) electrons. The molecule has 0 saturated carbocycles. The molecule has 88 valence electrons. The quantitative estimate of drug-likeness (QED) is 0.868. The molecular formula is C10H16N4OS. The molecule has 0 saturated heterocycles. The Balaban J connectivity index is 1.96. The third-order valence-electron chi connectivity index (χ3n) is 2.43. The molecule has 0 atom stereocenters. The zero-order valence-corrected chi connectivity index (χ0v) is 10.8. The van der Waals surface area contributed by atoms with Crippen LogP contribution in [0.25, 0.3) is 0 Å². The first-order valence-electron chi connectivity index (χ1n) is 5.12. The van der Waals surface area contributed by atoms with Gasteiger partial charge in [0, 0.05) is 7.05 Å². The molecule has 6 heteroatoms. The van der Waals surface area contributed by atoms with Gasteiger partial charge >= 0.3 is 0 Å². The molecule has 0 bridgehead atoms. The molecule has 5 nitrogen and oxygen atoms in total. The summed E-state index contributed by atoms with van der Waals surface area (Å²) in [4.78, 5) is 5.37. The molecule has 2 rings (SSSR count). The SMILES string of the molecule is Cc1nnc(CSC2=CC(C)(C)ON2)n1C. The van der Waals surface area contributed by atoms with Crippen LogP contribution in [0.3, 0.4) is 0 Å². The predicted octanol–water partition coefficient (Wildman–Crippen LogP) is 1.51. The number of thioether (sulfide) groups is 1. The smallest absolute Gasteiger partial charge is 0.143 e. The lowest BCUT2D eigenvalue weighted by Crippen LogP contribution is -2.20. The maximum Gasteiger partial charge on any atom is 0.143 e. The lowest BCUT2D eigenvalue weighted by Gasteiger charge is -2.11. The van der Waals surface area contributed by atoms with Gasteiger partial charge in [-0.05, 0) is 26.8 Å². The van der Waals surface area contributed by atoms with Crippen molar-refractivity contribution in [2.45, 2.75) is 32.1 Å². The maximum atomic E-state index is 5.37. The van der Waals surface area contributed by atoms with E-state index in [-0.39, 0.29) is 5.60 Å². The van der Waals surface area contributed by atoms with Crippen molar-refractivity contribution in [1.82, 2.24) is 20.2 Å². The van der Waals surface area contributed by atoms with Gasteiger partial charge in [-0.2, -0.15) is 0 Å². The fourth-order valence-corrected chi connectivity index (χ4v) is 2.35. The highest BCUT2D eigenvalue weighted by Crippen LogP contribution is 2.27. The molecular weight excluding hydrogens is 224 g/mol. The van der Waals surface area contributed by atoms with Crippen LogP contribution in [-0.2, 0) is 17.6 Å². The molecule has 0 aliphatic carbocycles. The summed E-state index contributed by atoms with van der Waals surface area (Å²) < 4.78 is 1.99. The van der Waals surface area contributed by atoms with E-state index < -0.39 is 0 Å². The Morgan fingerprint density at radius 1 is 1.50 bits per heavy atom. The Morgan fingerprint density at radius 2 is 2.25 bits per heavy atom. The summed E-state index contributed by atoms with van der Waals surface area (Å²) in [5, 5.41) is 9.16. The Morgan fingerprint density at radius 3 is 2.75 bits per heavy atom. The number of hydrogen-bond acceptors (Lipinski definition) is 5. The van der Waals surface area contributed by atoms with Crippen LogP contribution in [0.1, 0.15) is 25.5 Å². The van der Waals surface area contributed by atoms with Gasteiger partial charge in [-0.3, -0.25) is 10.3 Å². The van der Waals surface area contributed by atoms with Gasteiger partial charge in [0.15, 0.2) is 0 Å². The second kappa shape index (κ2) is 4.10. The highest BCUT2D eigenvalue weighted by Gasteiger charge is 2.24. The van der Waals surface area contributed by atoms with E-state index in [2.05, 4.69) is 21.8 Å². The van der Waals surface area contributed by atoms with Gasteiger partial charge in [-0.1, -0.05) is 11.8 Å². The van der Waals surface area contributed by atoms with E-state index in [0.29, 0.717) is 0 Å². The van der Waals surface area contributed by atoms with Crippen LogP contribution >= 0.6 is 11.8 Å². The van der Waals surface area contributed by atoms with Crippen molar-refractivity contribution in [3.05, 3.63) is 22.8 Å². The van der Waals surface area contributed by atoms with Crippen molar-refractivity contribution in [3.63, 3.8) is 0 Å². The third kappa shape index (κ3) is 2.38. The molecule has 1 N–H and O–H groups in total. The van der Waals surface area contributed by atoms with Gasteiger partial charge < -0.3 is 4.57 Å². The van der Waals surface area contributed by atoms with Gasteiger partial charge in [0.05, 0.1) is 10.8 Å². The van der Waals surface area contributed by atoms with Gasteiger partial charge in [0.25, 0.3) is 0 Å². The number of hydroxylamine groups is 1. The topological polar surface area (TPSA) is 52.0 Å². The van der Waals surface area contributed by atoms with E-state index in [4.69, 9.17) is 4.84 Å². The normalized spacial score (nSPS) is 18.4. The summed E-state index contributed by atoms with van der Waals surface area (Å²) in [6, 6.07) is 0. The molecule has 2 heterocycles. The molecule has 0 aromatic carbocycles. The van der Waals surface area contributed by atoms with Crippen molar-refractivity contribution >= 4 is 11.8 Å². The van der Waals surface area contributed by atoms with E-state index in [9.17, 15) is 0 Å². The van der Waals surface area contributed by atoms with E-state index in [1.807, 2.05) is 32.4 Å². The Labute approximate surface area is 99.2 Å². The van der Waals surface area contributed by atoms with E-state index in [1.54, 1.807) is 11.8 Å². The largest absolute Gasteiger partial charge is 0.318 e. The Hall–Kier alpha value is -1.01. The van der Waals surface area contributed by atoms with Gasteiger partial charge in [-0.25, -0.2) is 0 Å². The summed E-state index contributed by atoms with van der Waals surface area (Å²) in [7, 11) is 1.97. The molecule has 0 spiro atoms. The summed E-state index contributed by atoms with van der Waals surface area (Å²) in [6.45, 7) is 5.97. The lowest BCUT2D eigenvalue weighted by molar-refractivity contribution is -0.0126. The Bertz CT molecular complexity index is 424. The van der Waals surface area contributed by atoms with Gasteiger partial charge in [0.1, 0.15) is 17.2 Å². The van der Waals surface area contributed by atoms with Crippen molar-refractivity contribution in [2.24, 2.45) is 7.05 Å². The fraction of sp³-hybridized carbons (Fsp3) is 0.600. The van der Waals surface area contributed by atoms with Crippen LogP contribution < -0.4 is 5.48 Å². The molecule has 1 aliphatic heterocycles.